The summed E-state index contributed by atoms with van der Waals surface area (Å²) in [6.45, 7) is 4.73. The van der Waals surface area contributed by atoms with Gasteiger partial charge in [-0.2, -0.15) is 0 Å². The predicted molar refractivity (Wildman–Crippen MR) is 271 cm³/mol. The third-order valence-corrected chi connectivity index (χ3v) is 14.7. The average molecular weight is 828 g/mol. The number of rotatable bonds is 6. The van der Waals surface area contributed by atoms with E-state index in [1.165, 1.54) is 100 Å². The van der Waals surface area contributed by atoms with Crippen LogP contribution in [0.25, 0.3) is 66.8 Å². The summed E-state index contributed by atoms with van der Waals surface area (Å²) in [5.41, 5.74) is 26.0. The lowest BCUT2D eigenvalue weighted by Crippen LogP contribution is -2.26. The Morgan fingerprint density at radius 1 is 0.262 bits per heavy atom. The molecule has 0 aliphatic heterocycles. The van der Waals surface area contributed by atoms with Gasteiger partial charge in [0, 0.05) is 22.4 Å². The first-order valence-corrected chi connectivity index (χ1v) is 22.8. The van der Waals surface area contributed by atoms with E-state index in [1.807, 2.05) is 0 Å². The monoisotopic (exact) mass is 827 g/mol. The maximum atomic E-state index is 2.48. The molecule has 0 unspecified atom stereocenters. The van der Waals surface area contributed by atoms with E-state index in [-0.39, 0.29) is 5.41 Å². The van der Waals surface area contributed by atoms with Crippen LogP contribution in [0.4, 0.5) is 17.1 Å². The van der Waals surface area contributed by atoms with Crippen LogP contribution in [0.1, 0.15) is 47.2 Å². The summed E-state index contributed by atoms with van der Waals surface area (Å²) in [6.07, 6.45) is 0. The molecule has 0 heterocycles. The molecule has 0 atom stereocenters. The van der Waals surface area contributed by atoms with Gasteiger partial charge in [0.2, 0.25) is 0 Å². The first-order chi connectivity index (χ1) is 32.0. The highest BCUT2D eigenvalue weighted by Gasteiger charge is 2.52. The summed E-state index contributed by atoms with van der Waals surface area (Å²) in [5, 5.41) is 0. The molecule has 65 heavy (non-hydrogen) atoms. The van der Waals surface area contributed by atoms with Gasteiger partial charge in [-0.3, -0.25) is 0 Å². The van der Waals surface area contributed by atoms with Gasteiger partial charge in [0.25, 0.3) is 0 Å². The van der Waals surface area contributed by atoms with Gasteiger partial charge in [-0.25, -0.2) is 0 Å². The average Bonchev–Trinajstić information content (AvgIpc) is 3.92. The van der Waals surface area contributed by atoms with Crippen LogP contribution in [0.3, 0.4) is 0 Å². The van der Waals surface area contributed by atoms with Gasteiger partial charge in [-0.05, 0) is 143 Å². The third kappa shape index (κ3) is 5.46. The SMILES string of the molecule is CC1(C)c2ccccc2-c2ccc(N(c3ccccc3)c3ccccc3-c3ccc4c(c3)-c3ccccc3C43c4cc(-c5ccccc5)ccc4-c4ccc(-c5ccccc5)cc43)cc21. The van der Waals surface area contributed by atoms with E-state index in [2.05, 4.69) is 255 Å². The standard InChI is InChI=1S/C64H45N/c1-63(2)56-27-15-12-25-50(56)52-36-33-48(41-59(52)63)65(47-22-10-5-11-23-47)62-29-17-14-24-49(62)46-32-37-58-55(38-46)51-26-13-16-28-57(51)64(58)60-39-44(42-18-6-3-7-19-42)30-34-53(60)54-35-31-45(40-61(54)64)43-20-8-4-9-21-43/h3-41H,1-2H3. The Labute approximate surface area is 381 Å². The molecule has 10 aromatic carbocycles. The minimum atomic E-state index is -0.505. The number of benzene rings is 10. The molecule has 3 aliphatic carbocycles. The van der Waals surface area contributed by atoms with E-state index in [1.54, 1.807) is 0 Å². The quantitative estimate of drug-likeness (QED) is 0.161. The molecule has 1 nitrogen and oxygen atoms in total. The molecule has 1 heteroatoms. The second-order valence-corrected chi connectivity index (χ2v) is 18.4. The number of hydrogen-bond donors (Lipinski definition) is 0. The Hall–Kier alpha value is -8.00. The lowest BCUT2D eigenvalue weighted by molar-refractivity contribution is 0.660. The summed E-state index contributed by atoms with van der Waals surface area (Å²) in [4.78, 5) is 2.46. The predicted octanol–water partition coefficient (Wildman–Crippen LogP) is 16.8. The van der Waals surface area contributed by atoms with Crippen molar-refractivity contribution in [2.45, 2.75) is 24.7 Å². The Kier molecular flexibility index (Phi) is 8.24. The molecule has 0 N–H and O–H groups in total. The highest BCUT2D eigenvalue weighted by atomic mass is 15.1. The van der Waals surface area contributed by atoms with Crippen LogP contribution in [0, 0.1) is 0 Å². The first kappa shape index (κ1) is 37.5. The molecule has 13 rings (SSSR count). The zero-order chi connectivity index (χ0) is 43.3. The van der Waals surface area contributed by atoms with Crippen molar-refractivity contribution in [2.75, 3.05) is 4.90 Å². The van der Waals surface area contributed by atoms with Gasteiger partial charge in [-0.15, -0.1) is 0 Å². The summed E-state index contributed by atoms with van der Waals surface area (Å²) in [7, 11) is 0. The molecule has 3 aliphatic rings. The second kappa shape index (κ2) is 14.3. The second-order valence-electron chi connectivity index (χ2n) is 18.4. The van der Waals surface area contributed by atoms with Gasteiger partial charge in [0.15, 0.2) is 0 Å². The van der Waals surface area contributed by atoms with Crippen molar-refractivity contribution in [1.82, 2.24) is 0 Å². The Balaban J connectivity index is 1.02. The van der Waals surface area contributed by atoms with Gasteiger partial charge < -0.3 is 4.90 Å². The normalized spacial score (nSPS) is 13.9. The van der Waals surface area contributed by atoms with Crippen molar-refractivity contribution in [3.05, 3.63) is 270 Å². The van der Waals surface area contributed by atoms with Crippen LogP contribution in [-0.4, -0.2) is 0 Å². The summed E-state index contributed by atoms with van der Waals surface area (Å²) >= 11 is 0. The minimum absolute atomic E-state index is 0.117. The molecule has 0 saturated carbocycles. The van der Waals surface area contributed by atoms with Crippen LogP contribution in [0.2, 0.25) is 0 Å². The van der Waals surface area contributed by atoms with Crippen molar-refractivity contribution >= 4 is 17.1 Å². The summed E-state index contributed by atoms with van der Waals surface area (Å²) < 4.78 is 0. The van der Waals surface area contributed by atoms with Gasteiger partial charge in [-0.1, -0.05) is 202 Å². The molecule has 0 bridgehead atoms. The van der Waals surface area contributed by atoms with Crippen LogP contribution in [0.15, 0.2) is 237 Å². The van der Waals surface area contributed by atoms with E-state index in [0.717, 1.165) is 17.1 Å². The molecule has 0 radical (unpaired) electrons. The zero-order valence-electron chi connectivity index (χ0n) is 36.5. The highest BCUT2D eigenvalue weighted by Crippen LogP contribution is 2.64. The maximum Gasteiger partial charge on any atom is 0.0725 e. The van der Waals surface area contributed by atoms with Gasteiger partial charge >= 0.3 is 0 Å². The minimum Gasteiger partial charge on any atom is -0.310 e. The molecule has 1 spiro atoms. The summed E-state index contributed by atoms with van der Waals surface area (Å²) in [5.74, 6) is 0. The molecule has 0 aromatic heterocycles. The van der Waals surface area contributed by atoms with Gasteiger partial charge in [0.1, 0.15) is 0 Å². The molecule has 0 amide bonds. The van der Waals surface area contributed by atoms with E-state index < -0.39 is 5.41 Å². The lowest BCUT2D eigenvalue weighted by Gasteiger charge is -2.31. The fraction of sp³-hybridized carbons (Fsp3) is 0.0625. The number of nitrogens with zero attached hydrogens (tertiary/aromatic N) is 1. The van der Waals surface area contributed by atoms with Crippen molar-refractivity contribution in [3.8, 4) is 66.8 Å². The zero-order valence-corrected chi connectivity index (χ0v) is 36.5. The highest BCUT2D eigenvalue weighted by molar-refractivity contribution is 5.99. The molecule has 0 fully saturated rings. The molecule has 306 valence electrons. The Morgan fingerprint density at radius 2 is 0.723 bits per heavy atom. The number of fused-ring (bicyclic) bond motifs is 13. The van der Waals surface area contributed by atoms with Crippen molar-refractivity contribution in [3.63, 3.8) is 0 Å². The molecule has 10 aromatic rings. The summed E-state index contributed by atoms with van der Waals surface area (Å²) in [6, 6.07) is 88.3. The maximum absolute atomic E-state index is 2.48. The van der Waals surface area contributed by atoms with Crippen molar-refractivity contribution < 1.29 is 0 Å². The van der Waals surface area contributed by atoms with Crippen molar-refractivity contribution in [2.24, 2.45) is 0 Å². The molecule has 0 saturated heterocycles. The van der Waals surface area contributed by atoms with E-state index in [0.29, 0.717) is 0 Å². The Morgan fingerprint density at radius 3 is 1.37 bits per heavy atom. The van der Waals surface area contributed by atoms with Gasteiger partial charge in [0.05, 0.1) is 11.1 Å². The van der Waals surface area contributed by atoms with E-state index >= 15 is 0 Å². The smallest absolute Gasteiger partial charge is 0.0725 e. The largest absolute Gasteiger partial charge is 0.310 e. The fourth-order valence-electron chi connectivity index (χ4n) is 11.7. The number of anilines is 3. The van der Waals surface area contributed by atoms with Crippen LogP contribution < -0.4 is 4.90 Å². The van der Waals surface area contributed by atoms with E-state index in [9.17, 15) is 0 Å². The third-order valence-electron chi connectivity index (χ3n) is 14.7. The van der Waals surface area contributed by atoms with Crippen LogP contribution >= 0.6 is 0 Å². The number of para-hydroxylation sites is 2. The Bertz CT molecular complexity index is 3420. The fourth-order valence-corrected chi connectivity index (χ4v) is 11.7. The molecular formula is C64H45N. The molecular weight excluding hydrogens is 783 g/mol. The number of hydrogen-bond acceptors (Lipinski definition) is 1. The van der Waals surface area contributed by atoms with Crippen molar-refractivity contribution in [1.29, 1.82) is 0 Å². The van der Waals surface area contributed by atoms with E-state index in [4.69, 9.17) is 0 Å². The lowest BCUT2D eigenvalue weighted by atomic mass is 9.69. The van der Waals surface area contributed by atoms with Crippen LogP contribution in [0.5, 0.6) is 0 Å². The van der Waals surface area contributed by atoms with Crippen LogP contribution in [-0.2, 0) is 10.8 Å². The topological polar surface area (TPSA) is 3.24 Å². The first-order valence-electron chi connectivity index (χ1n) is 22.8.